The molecule has 2 heteroatoms. The quantitative estimate of drug-likeness (QED) is 0.810. The first-order valence-electron chi connectivity index (χ1n) is 8.17. The Morgan fingerprint density at radius 1 is 0.889 bits per heavy atom. The first-order chi connectivity index (χ1) is 8.74. The lowest BCUT2D eigenvalue weighted by molar-refractivity contribution is 0.0380. The molecule has 0 radical (unpaired) electrons. The van der Waals surface area contributed by atoms with E-state index in [0.717, 1.165) is 24.0 Å². The molecule has 3 atom stereocenters. The minimum Gasteiger partial charge on any atom is -0.317 e. The molecule has 1 saturated heterocycles. The molecule has 1 aliphatic heterocycles. The SMILES string of the molecule is CNC1CCN(C2CCCCCCC2)C(C)C1C. The number of nitrogens with one attached hydrogen (secondary N) is 1. The molecule has 2 fully saturated rings. The normalized spacial score (nSPS) is 37.2. The zero-order valence-electron chi connectivity index (χ0n) is 12.6. The van der Waals surface area contributed by atoms with Crippen molar-refractivity contribution < 1.29 is 0 Å². The third-order valence-electron chi connectivity index (χ3n) is 5.53. The Morgan fingerprint density at radius 2 is 1.50 bits per heavy atom. The van der Waals surface area contributed by atoms with Gasteiger partial charge in [0.25, 0.3) is 0 Å². The highest BCUT2D eigenvalue weighted by molar-refractivity contribution is 4.91. The van der Waals surface area contributed by atoms with E-state index in [1.807, 2.05) is 0 Å². The van der Waals surface area contributed by atoms with Gasteiger partial charge in [0.05, 0.1) is 0 Å². The van der Waals surface area contributed by atoms with Crippen LogP contribution in [0.15, 0.2) is 0 Å². The molecule has 2 rings (SSSR count). The highest BCUT2D eigenvalue weighted by Crippen LogP contribution is 2.30. The molecule has 2 aliphatic rings. The van der Waals surface area contributed by atoms with E-state index in [9.17, 15) is 0 Å². The highest BCUT2D eigenvalue weighted by atomic mass is 15.2. The molecule has 1 N–H and O–H groups in total. The van der Waals surface area contributed by atoms with Gasteiger partial charge in [-0.3, -0.25) is 4.90 Å². The second-order valence-electron chi connectivity index (χ2n) is 6.52. The molecule has 0 aromatic carbocycles. The van der Waals surface area contributed by atoms with Gasteiger partial charge in [-0.25, -0.2) is 0 Å². The summed E-state index contributed by atoms with van der Waals surface area (Å²) in [6, 6.07) is 2.35. The van der Waals surface area contributed by atoms with E-state index in [4.69, 9.17) is 0 Å². The zero-order chi connectivity index (χ0) is 13.0. The largest absolute Gasteiger partial charge is 0.317 e. The summed E-state index contributed by atoms with van der Waals surface area (Å²) < 4.78 is 0. The van der Waals surface area contributed by atoms with Gasteiger partial charge in [-0.15, -0.1) is 0 Å². The van der Waals surface area contributed by atoms with Gasteiger partial charge in [0.15, 0.2) is 0 Å². The number of rotatable bonds is 2. The molecule has 1 aliphatic carbocycles. The van der Waals surface area contributed by atoms with Crippen LogP contribution in [0, 0.1) is 5.92 Å². The van der Waals surface area contributed by atoms with Gasteiger partial charge in [0.1, 0.15) is 0 Å². The summed E-state index contributed by atoms with van der Waals surface area (Å²) in [4.78, 5) is 2.84. The van der Waals surface area contributed by atoms with Crippen LogP contribution in [-0.4, -0.2) is 36.6 Å². The van der Waals surface area contributed by atoms with Crippen LogP contribution in [0.2, 0.25) is 0 Å². The van der Waals surface area contributed by atoms with E-state index < -0.39 is 0 Å². The Hall–Kier alpha value is -0.0800. The van der Waals surface area contributed by atoms with Gasteiger partial charge >= 0.3 is 0 Å². The van der Waals surface area contributed by atoms with Crippen molar-refractivity contribution in [3.8, 4) is 0 Å². The minimum atomic E-state index is 0.727. The van der Waals surface area contributed by atoms with E-state index in [1.165, 1.54) is 57.9 Å². The van der Waals surface area contributed by atoms with Gasteiger partial charge < -0.3 is 5.32 Å². The fourth-order valence-corrected chi connectivity index (χ4v) is 4.08. The Bertz CT molecular complexity index is 233. The lowest BCUT2D eigenvalue weighted by atomic mass is 9.84. The van der Waals surface area contributed by atoms with Crippen LogP contribution < -0.4 is 5.32 Å². The molecule has 0 bridgehead atoms. The summed E-state index contributed by atoms with van der Waals surface area (Å²) in [6.45, 7) is 6.19. The van der Waals surface area contributed by atoms with Crippen LogP contribution in [0.4, 0.5) is 0 Å². The lowest BCUT2D eigenvalue weighted by Crippen LogP contribution is -2.55. The van der Waals surface area contributed by atoms with Gasteiger partial charge in [-0.05, 0) is 39.2 Å². The van der Waals surface area contributed by atoms with Crippen LogP contribution >= 0.6 is 0 Å². The van der Waals surface area contributed by atoms with Crippen molar-refractivity contribution >= 4 is 0 Å². The van der Waals surface area contributed by atoms with E-state index in [-0.39, 0.29) is 0 Å². The molecule has 3 unspecified atom stereocenters. The topological polar surface area (TPSA) is 15.3 Å². The molecule has 0 aromatic heterocycles. The van der Waals surface area contributed by atoms with Crippen molar-refractivity contribution in [1.29, 1.82) is 0 Å². The maximum Gasteiger partial charge on any atom is 0.0117 e. The second-order valence-corrected chi connectivity index (χ2v) is 6.52. The Kier molecular flexibility index (Phi) is 5.50. The molecule has 2 nitrogen and oxygen atoms in total. The van der Waals surface area contributed by atoms with E-state index in [1.54, 1.807) is 0 Å². The average Bonchev–Trinajstić information content (AvgIpc) is 2.33. The smallest absolute Gasteiger partial charge is 0.0117 e. The Labute approximate surface area is 114 Å². The summed E-state index contributed by atoms with van der Waals surface area (Å²) in [5, 5.41) is 3.50. The van der Waals surface area contributed by atoms with Crippen molar-refractivity contribution in [3.63, 3.8) is 0 Å². The fraction of sp³-hybridized carbons (Fsp3) is 1.00. The van der Waals surface area contributed by atoms with Crippen LogP contribution in [0.3, 0.4) is 0 Å². The van der Waals surface area contributed by atoms with Crippen molar-refractivity contribution in [2.45, 2.75) is 83.3 Å². The minimum absolute atomic E-state index is 0.727. The van der Waals surface area contributed by atoms with Crippen molar-refractivity contribution in [3.05, 3.63) is 0 Å². The first-order valence-corrected chi connectivity index (χ1v) is 8.17. The molecule has 1 saturated carbocycles. The van der Waals surface area contributed by atoms with Crippen molar-refractivity contribution in [2.24, 2.45) is 5.92 Å². The second kappa shape index (κ2) is 6.91. The van der Waals surface area contributed by atoms with E-state index in [0.29, 0.717) is 0 Å². The van der Waals surface area contributed by atoms with E-state index in [2.05, 4.69) is 31.1 Å². The maximum atomic E-state index is 3.50. The number of piperidine rings is 1. The monoisotopic (exact) mass is 252 g/mol. The fourth-order valence-electron chi connectivity index (χ4n) is 4.08. The maximum absolute atomic E-state index is 3.50. The number of hydrogen-bond acceptors (Lipinski definition) is 2. The third-order valence-corrected chi connectivity index (χ3v) is 5.53. The standard InChI is InChI=1S/C16H32N2/c1-13-14(2)18(12-11-16(13)17-3)15-9-7-5-4-6-8-10-15/h13-17H,4-12H2,1-3H3. The first kappa shape index (κ1) is 14.3. The number of nitrogens with zero attached hydrogens (tertiary/aromatic N) is 1. The Morgan fingerprint density at radius 3 is 2.11 bits per heavy atom. The lowest BCUT2D eigenvalue weighted by Gasteiger charge is -2.47. The average molecular weight is 252 g/mol. The third kappa shape index (κ3) is 3.27. The number of likely N-dealkylation sites (tertiary alicyclic amines) is 1. The summed E-state index contributed by atoms with van der Waals surface area (Å²) in [5.74, 6) is 0.786. The van der Waals surface area contributed by atoms with Crippen molar-refractivity contribution in [1.82, 2.24) is 10.2 Å². The summed E-state index contributed by atoms with van der Waals surface area (Å²) in [5.41, 5.74) is 0. The summed E-state index contributed by atoms with van der Waals surface area (Å²) in [6.07, 6.45) is 11.5. The zero-order valence-corrected chi connectivity index (χ0v) is 12.6. The highest BCUT2D eigenvalue weighted by Gasteiger charge is 2.34. The Balaban J connectivity index is 1.94. The molecule has 0 aromatic rings. The van der Waals surface area contributed by atoms with Gasteiger partial charge in [0.2, 0.25) is 0 Å². The van der Waals surface area contributed by atoms with Gasteiger partial charge in [0, 0.05) is 24.7 Å². The molecular formula is C16H32N2. The molecule has 0 spiro atoms. The molecule has 106 valence electrons. The molecule has 1 heterocycles. The van der Waals surface area contributed by atoms with Gasteiger partial charge in [-0.1, -0.05) is 39.0 Å². The van der Waals surface area contributed by atoms with Crippen LogP contribution in [-0.2, 0) is 0 Å². The van der Waals surface area contributed by atoms with Crippen LogP contribution in [0.1, 0.15) is 65.2 Å². The summed E-state index contributed by atoms with van der Waals surface area (Å²) in [7, 11) is 2.12. The predicted octanol–water partition coefficient (Wildman–Crippen LogP) is 3.42. The number of hydrogen-bond donors (Lipinski definition) is 1. The molecular weight excluding hydrogens is 220 g/mol. The van der Waals surface area contributed by atoms with E-state index >= 15 is 0 Å². The van der Waals surface area contributed by atoms with Crippen LogP contribution in [0.25, 0.3) is 0 Å². The van der Waals surface area contributed by atoms with Crippen LogP contribution in [0.5, 0.6) is 0 Å². The van der Waals surface area contributed by atoms with Crippen molar-refractivity contribution in [2.75, 3.05) is 13.6 Å². The predicted molar refractivity (Wildman–Crippen MR) is 78.9 cm³/mol. The van der Waals surface area contributed by atoms with Gasteiger partial charge in [-0.2, -0.15) is 0 Å². The molecule has 18 heavy (non-hydrogen) atoms. The molecule has 0 amide bonds. The summed E-state index contributed by atoms with van der Waals surface area (Å²) >= 11 is 0.